The van der Waals surface area contributed by atoms with Gasteiger partial charge in [0.1, 0.15) is 23.9 Å². The second-order valence-electron chi connectivity index (χ2n) is 7.13. The molecule has 3 aromatic carbocycles. The molecule has 1 N–H and O–H groups in total. The highest BCUT2D eigenvalue weighted by molar-refractivity contribution is 6.61. The van der Waals surface area contributed by atoms with Crippen molar-refractivity contribution >= 4 is 18.6 Å². The third-order valence-corrected chi connectivity index (χ3v) is 4.91. The number of carbonyl (C=O) groups excluding carboxylic acids is 1. The molecule has 0 aromatic heterocycles. The topological polar surface area (TPSA) is 74.2 Å². The Morgan fingerprint density at radius 3 is 2.45 bits per heavy atom. The number of hydrogen-bond donors (Lipinski definition) is 1. The van der Waals surface area contributed by atoms with E-state index in [0.29, 0.717) is 35.9 Å². The Balaban J connectivity index is 0.00000149. The second-order valence-corrected chi connectivity index (χ2v) is 7.13. The lowest BCUT2D eigenvalue weighted by molar-refractivity contribution is -0.145. The molecule has 0 bridgehead atoms. The summed E-state index contributed by atoms with van der Waals surface area (Å²) in [6.07, 6.45) is -0.480. The fourth-order valence-electron chi connectivity index (χ4n) is 3.46. The van der Waals surface area contributed by atoms with Gasteiger partial charge >= 0.3 is 13.1 Å². The predicted molar refractivity (Wildman–Crippen MR) is 128 cm³/mol. The van der Waals surface area contributed by atoms with Crippen molar-refractivity contribution < 1.29 is 28.7 Å². The Morgan fingerprint density at radius 1 is 0.970 bits per heavy atom. The number of esters is 1. The number of fused-ring (bicyclic) bond motifs is 1. The highest BCUT2D eigenvalue weighted by atomic mass is 16.5. The molecule has 172 valence electrons. The van der Waals surface area contributed by atoms with E-state index in [1.807, 2.05) is 68.4 Å². The summed E-state index contributed by atoms with van der Waals surface area (Å²) in [6.45, 7) is 6.53. The van der Waals surface area contributed by atoms with Gasteiger partial charge in [0.05, 0.1) is 19.1 Å². The summed E-state index contributed by atoms with van der Waals surface area (Å²) in [7, 11) is -1.11. The summed E-state index contributed by atoms with van der Waals surface area (Å²) >= 11 is 0. The van der Waals surface area contributed by atoms with Gasteiger partial charge in [-0.3, -0.25) is 4.79 Å². The van der Waals surface area contributed by atoms with Crippen LogP contribution in [0.3, 0.4) is 0 Å². The smallest absolute Gasteiger partial charge is 0.489 e. The summed E-state index contributed by atoms with van der Waals surface area (Å²) in [5.74, 6) is 1.50. The van der Waals surface area contributed by atoms with Crippen LogP contribution in [0.2, 0.25) is 0 Å². The standard InChI is InChI=1S/C24H23BO6.C2H6/c1-2-28-24(26)15-23-21-12-11-20(14-22(21)25(27)31-23)30-19-10-6-9-18(13-19)29-16-17-7-4-3-5-8-17;1-2/h3-14,23,27H,2,15-16H2,1H3;1-2H3. The first-order valence-electron chi connectivity index (χ1n) is 11.2. The first-order valence-corrected chi connectivity index (χ1v) is 11.2. The minimum atomic E-state index is -1.11. The van der Waals surface area contributed by atoms with E-state index >= 15 is 0 Å². The van der Waals surface area contributed by atoms with Crippen LogP contribution in [0.4, 0.5) is 0 Å². The molecule has 1 unspecified atom stereocenters. The molecule has 6 nitrogen and oxygen atoms in total. The zero-order chi connectivity index (χ0) is 23.6. The van der Waals surface area contributed by atoms with Crippen molar-refractivity contribution in [3.63, 3.8) is 0 Å². The van der Waals surface area contributed by atoms with Gasteiger partial charge in [0, 0.05) is 6.07 Å². The molecule has 1 heterocycles. The van der Waals surface area contributed by atoms with Crippen LogP contribution in [0.15, 0.2) is 72.8 Å². The zero-order valence-electron chi connectivity index (χ0n) is 19.2. The van der Waals surface area contributed by atoms with Gasteiger partial charge in [0.2, 0.25) is 0 Å². The maximum atomic E-state index is 11.8. The van der Waals surface area contributed by atoms with Crippen molar-refractivity contribution in [3.05, 3.63) is 83.9 Å². The van der Waals surface area contributed by atoms with Crippen LogP contribution in [-0.4, -0.2) is 24.7 Å². The van der Waals surface area contributed by atoms with E-state index in [1.165, 1.54) is 0 Å². The number of hydrogen-bond acceptors (Lipinski definition) is 6. The molecule has 3 aromatic rings. The molecule has 0 radical (unpaired) electrons. The van der Waals surface area contributed by atoms with Crippen molar-refractivity contribution in [3.8, 4) is 17.2 Å². The number of rotatable bonds is 8. The summed E-state index contributed by atoms with van der Waals surface area (Å²) in [4.78, 5) is 11.8. The van der Waals surface area contributed by atoms with E-state index in [0.717, 1.165) is 11.1 Å². The fraction of sp³-hybridized carbons (Fsp3) is 0.269. The molecule has 1 atom stereocenters. The number of carbonyl (C=O) groups is 1. The number of benzene rings is 3. The van der Waals surface area contributed by atoms with E-state index in [9.17, 15) is 9.82 Å². The van der Waals surface area contributed by atoms with Crippen LogP contribution < -0.4 is 14.9 Å². The van der Waals surface area contributed by atoms with Crippen LogP contribution in [0.1, 0.15) is 44.4 Å². The number of ether oxygens (including phenoxy) is 3. The Bertz CT molecular complexity index is 1040. The molecule has 0 saturated heterocycles. The van der Waals surface area contributed by atoms with E-state index < -0.39 is 13.2 Å². The molecule has 0 saturated carbocycles. The van der Waals surface area contributed by atoms with Crippen molar-refractivity contribution in [2.45, 2.75) is 39.9 Å². The molecule has 0 spiro atoms. The molecule has 0 fully saturated rings. The summed E-state index contributed by atoms with van der Waals surface area (Å²) in [5, 5.41) is 10.3. The van der Waals surface area contributed by atoms with Crippen LogP contribution in [-0.2, 0) is 20.8 Å². The molecule has 1 aliphatic heterocycles. The van der Waals surface area contributed by atoms with Gasteiger partial charge in [0.15, 0.2) is 0 Å². The zero-order valence-corrected chi connectivity index (χ0v) is 19.2. The summed E-state index contributed by atoms with van der Waals surface area (Å²) in [5.41, 5.74) is 2.43. The molecule has 0 aliphatic carbocycles. The van der Waals surface area contributed by atoms with Crippen LogP contribution in [0.25, 0.3) is 0 Å². The van der Waals surface area contributed by atoms with E-state index in [4.69, 9.17) is 18.9 Å². The highest BCUT2D eigenvalue weighted by Crippen LogP contribution is 2.31. The minimum absolute atomic E-state index is 0.0545. The summed E-state index contributed by atoms with van der Waals surface area (Å²) < 4.78 is 22.3. The maximum absolute atomic E-state index is 11.8. The van der Waals surface area contributed by atoms with E-state index in [-0.39, 0.29) is 12.4 Å². The van der Waals surface area contributed by atoms with Crippen molar-refractivity contribution in [2.24, 2.45) is 0 Å². The quantitative estimate of drug-likeness (QED) is 0.394. The molecule has 4 rings (SSSR count). The average molecular weight is 448 g/mol. The molecule has 33 heavy (non-hydrogen) atoms. The normalized spacial score (nSPS) is 14.1. The first-order chi connectivity index (χ1) is 16.1. The monoisotopic (exact) mass is 448 g/mol. The first kappa shape index (κ1) is 24.4. The van der Waals surface area contributed by atoms with Crippen molar-refractivity contribution in [1.82, 2.24) is 0 Å². The lowest BCUT2D eigenvalue weighted by Gasteiger charge is -2.12. The molecule has 0 amide bonds. The fourth-order valence-corrected chi connectivity index (χ4v) is 3.46. The van der Waals surface area contributed by atoms with E-state index in [2.05, 4.69) is 0 Å². The SMILES string of the molecule is CC.CCOC(=O)CC1OB(O)c2cc(Oc3cccc(OCc4ccccc4)c3)ccc21. The van der Waals surface area contributed by atoms with E-state index in [1.54, 1.807) is 25.1 Å². The summed E-state index contributed by atoms with van der Waals surface area (Å²) in [6, 6.07) is 22.6. The van der Waals surface area contributed by atoms with Gasteiger partial charge in [-0.25, -0.2) is 0 Å². The Morgan fingerprint density at radius 2 is 1.70 bits per heavy atom. The maximum Gasteiger partial charge on any atom is 0.492 e. The van der Waals surface area contributed by atoms with Gasteiger partial charge in [-0.2, -0.15) is 0 Å². The Kier molecular flexibility index (Phi) is 8.92. The lowest BCUT2D eigenvalue weighted by Crippen LogP contribution is -2.28. The third kappa shape index (κ3) is 6.60. The van der Waals surface area contributed by atoms with Crippen LogP contribution in [0.5, 0.6) is 17.2 Å². The van der Waals surface area contributed by atoms with Crippen LogP contribution >= 0.6 is 0 Å². The minimum Gasteiger partial charge on any atom is -0.489 e. The predicted octanol–water partition coefficient (Wildman–Crippen LogP) is 4.80. The Labute approximate surface area is 195 Å². The van der Waals surface area contributed by atoms with Gasteiger partial charge in [-0.05, 0) is 47.8 Å². The molecular weight excluding hydrogens is 419 g/mol. The Hall–Kier alpha value is -3.29. The molecular formula is C26H29BO6. The lowest BCUT2D eigenvalue weighted by atomic mass is 9.79. The van der Waals surface area contributed by atoms with Gasteiger partial charge in [-0.1, -0.05) is 56.3 Å². The van der Waals surface area contributed by atoms with Gasteiger partial charge in [-0.15, -0.1) is 0 Å². The van der Waals surface area contributed by atoms with Gasteiger partial charge < -0.3 is 23.9 Å². The highest BCUT2D eigenvalue weighted by Gasteiger charge is 2.36. The van der Waals surface area contributed by atoms with Crippen molar-refractivity contribution in [2.75, 3.05) is 6.61 Å². The second kappa shape index (κ2) is 12.1. The van der Waals surface area contributed by atoms with Crippen molar-refractivity contribution in [1.29, 1.82) is 0 Å². The molecule has 7 heteroatoms. The average Bonchev–Trinajstić information content (AvgIpc) is 3.14. The molecule has 1 aliphatic rings. The third-order valence-electron chi connectivity index (χ3n) is 4.91. The van der Waals surface area contributed by atoms with Gasteiger partial charge in [0.25, 0.3) is 0 Å². The largest absolute Gasteiger partial charge is 0.492 e. The van der Waals surface area contributed by atoms with Crippen LogP contribution in [0, 0.1) is 0 Å².